The molecule has 4 heterocycles. The van der Waals surface area contributed by atoms with Gasteiger partial charge in [-0.2, -0.15) is 39.5 Å². The van der Waals surface area contributed by atoms with Crippen molar-refractivity contribution in [2.24, 2.45) is 0 Å². The summed E-state index contributed by atoms with van der Waals surface area (Å²) in [7, 11) is 0. The van der Waals surface area contributed by atoms with Crippen molar-refractivity contribution in [3.8, 4) is 5.75 Å². The third-order valence-corrected chi connectivity index (χ3v) is 11.2. The molecular formula is C35H32F9N5O7S2. The maximum absolute atomic E-state index is 13.2. The van der Waals surface area contributed by atoms with Crippen LogP contribution in [0.4, 0.5) is 39.5 Å². The predicted octanol–water partition coefficient (Wildman–Crippen LogP) is 6.02. The number of rotatable bonds is 11. The molecule has 0 unspecified atom stereocenters. The summed E-state index contributed by atoms with van der Waals surface area (Å²) in [6.45, 7) is 2.22. The van der Waals surface area contributed by atoms with E-state index in [1.165, 1.54) is 4.90 Å². The fourth-order valence-electron chi connectivity index (χ4n) is 6.65. The minimum atomic E-state index is -5.39. The van der Waals surface area contributed by atoms with E-state index in [0.29, 0.717) is 61.6 Å². The lowest BCUT2D eigenvalue weighted by atomic mass is 9.89. The number of fused-ring (bicyclic) bond motifs is 1. The molecule has 4 aromatic rings. The van der Waals surface area contributed by atoms with Crippen molar-refractivity contribution in [2.45, 2.75) is 56.0 Å². The van der Waals surface area contributed by atoms with Gasteiger partial charge in [-0.05, 0) is 49.1 Å². The number of aromatic amines is 1. The van der Waals surface area contributed by atoms with Crippen LogP contribution in [-0.4, -0.2) is 101 Å². The van der Waals surface area contributed by atoms with Gasteiger partial charge in [-0.1, -0.05) is 35.6 Å². The molecule has 58 heavy (non-hydrogen) atoms. The molecule has 2 aromatic heterocycles. The van der Waals surface area contributed by atoms with Crippen LogP contribution in [0.2, 0.25) is 0 Å². The molecule has 0 saturated carbocycles. The summed E-state index contributed by atoms with van der Waals surface area (Å²) < 4.78 is 132. The monoisotopic (exact) mass is 869 g/mol. The molecule has 6 rings (SSSR count). The normalized spacial score (nSPS) is 17.1. The number of thiazole rings is 2. The van der Waals surface area contributed by atoms with Crippen molar-refractivity contribution in [2.75, 3.05) is 45.9 Å². The molecule has 314 valence electrons. The minimum Gasteiger partial charge on any atom is -0.449 e. The van der Waals surface area contributed by atoms with Crippen molar-refractivity contribution in [1.29, 1.82) is 0 Å². The molecule has 2 saturated heterocycles. The second kappa shape index (κ2) is 17.0. The molecule has 2 N–H and O–H groups in total. The van der Waals surface area contributed by atoms with Gasteiger partial charge in [0.2, 0.25) is 0 Å². The summed E-state index contributed by atoms with van der Waals surface area (Å²) in [4.78, 5) is 57.0. The van der Waals surface area contributed by atoms with E-state index in [2.05, 4.69) is 24.9 Å². The molecule has 1 atom stereocenters. The molecule has 2 aromatic carbocycles. The quantitative estimate of drug-likeness (QED) is 0.0796. The Hall–Kier alpha value is -4.58. The van der Waals surface area contributed by atoms with Gasteiger partial charge in [-0.3, -0.25) is 14.5 Å². The number of hydrogen-bond donors (Lipinski definition) is 2. The zero-order valence-corrected chi connectivity index (χ0v) is 31.4. The number of ether oxygens (including phenoxy) is 3. The van der Waals surface area contributed by atoms with Crippen LogP contribution < -0.4 is 14.9 Å². The Morgan fingerprint density at radius 3 is 2.34 bits per heavy atom. The van der Waals surface area contributed by atoms with Crippen LogP contribution in [0.25, 0.3) is 10.2 Å². The summed E-state index contributed by atoms with van der Waals surface area (Å²) in [5, 5.41) is 2.94. The molecule has 2 aliphatic rings. The van der Waals surface area contributed by atoms with Gasteiger partial charge in [0.25, 0.3) is 5.91 Å². The first-order valence-corrected chi connectivity index (χ1v) is 19.1. The predicted molar refractivity (Wildman–Crippen MR) is 188 cm³/mol. The first-order chi connectivity index (χ1) is 27.2. The van der Waals surface area contributed by atoms with Gasteiger partial charge in [0, 0.05) is 43.7 Å². The first kappa shape index (κ1) is 43.0. The molecule has 1 spiro atoms. The Balaban J connectivity index is 1.04. The minimum absolute atomic E-state index is 0.155. The number of halogens is 9. The zero-order chi connectivity index (χ0) is 42.0. The van der Waals surface area contributed by atoms with Gasteiger partial charge in [0.15, 0.2) is 10.8 Å². The van der Waals surface area contributed by atoms with Crippen molar-refractivity contribution >= 4 is 50.7 Å². The lowest BCUT2D eigenvalue weighted by Gasteiger charge is -2.47. The lowest BCUT2D eigenvalue weighted by molar-refractivity contribution is -0.205. The zero-order valence-electron chi connectivity index (χ0n) is 29.8. The molecule has 23 heteroatoms. The van der Waals surface area contributed by atoms with Gasteiger partial charge < -0.3 is 29.4 Å². The largest absolute Gasteiger partial charge is 0.491 e. The summed E-state index contributed by atoms with van der Waals surface area (Å²) in [6.07, 6.45) is -15.6. The number of esters is 2. The highest BCUT2D eigenvalue weighted by Gasteiger charge is 2.45. The van der Waals surface area contributed by atoms with Crippen LogP contribution in [0.3, 0.4) is 0 Å². The third kappa shape index (κ3) is 10.3. The van der Waals surface area contributed by atoms with E-state index < -0.39 is 75.8 Å². The molecule has 1 amide bonds. The van der Waals surface area contributed by atoms with Crippen LogP contribution in [0.5, 0.6) is 5.75 Å². The highest BCUT2D eigenvalue weighted by Crippen LogP contribution is 2.37. The number of hydrogen-bond acceptors (Lipinski definition) is 12. The second-order valence-corrected chi connectivity index (χ2v) is 15.3. The van der Waals surface area contributed by atoms with Crippen LogP contribution in [0.1, 0.15) is 51.1 Å². The van der Waals surface area contributed by atoms with Gasteiger partial charge in [-0.15, -0.1) is 11.3 Å². The number of carbonyl (C=O) groups excluding carboxylic acids is 3. The molecule has 0 bridgehead atoms. The Morgan fingerprint density at radius 1 is 0.966 bits per heavy atom. The smallest absolute Gasteiger partial charge is 0.449 e. The van der Waals surface area contributed by atoms with E-state index in [1.54, 1.807) is 0 Å². The SMILES string of the molecule is O=C(c1csc(C(F)(F)F)n1)N1CCOC2(CCN(Cc3cccc(CCNC[C@H](OC(=O)C(F)(F)F)c4ccc(OC(=O)C(F)(F)F)c5[nH]c(=O)sc45)c3)CC2)C1. The van der Waals surface area contributed by atoms with Crippen LogP contribution in [-0.2, 0) is 38.2 Å². The molecule has 12 nitrogen and oxygen atoms in total. The summed E-state index contributed by atoms with van der Waals surface area (Å²) in [5.74, 6) is -6.43. The number of aromatic nitrogens is 2. The fraction of sp³-hybridized carbons (Fsp3) is 0.457. The van der Waals surface area contributed by atoms with Gasteiger partial charge >= 0.3 is 35.3 Å². The van der Waals surface area contributed by atoms with E-state index in [4.69, 9.17) is 9.47 Å². The average molecular weight is 870 g/mol. The highest BCUT2D eigenvalue weighted by molar-refractivity contribution is 7.16. The number of carbonyl (C=O) groups is 3. The number of nitrogens with one attached hydrogen (secondary N) is 2. The standard InChI is InChI=1S/C35H32F9N5O7S2/c36-33(37,38)28-46-22(17-57-28)27(50)49-12-13-54-32(18-49)7-10-48(11-8-32)16-20-3-1-2-19(14-20)6-9-45-15-24(56-30(52)35(42,43)44)21-4-5-23(55-29(51)34(39,40)41)25-26(21)58-31(53)47-25/h1-5,14,17,24,45H,6-13,15-16,18H2,(H,47,53)/t24-/m0/s1. The van der Waals surface area contributed by atoms with Crippen molar-refractivity contribution in [3.63, 3.8) is 0 Å². The van der Waals surface area contributed by atoms with Crippen molar-refractivity contribution in [3.05, 3.63) is 78.8 Å². The maximum atomic E-state index is 13.2. The Kier molecular flexibility index (Phi) is 12.6. The van der Waals surface area contributed by atoms with Crippen LogP contribution >= 0.6 is 22.7 Å². The number of likely N-dealkylation sites (tertiary alicyclic amines) is 1. The Morgan fingerprint density at radius 2 is 1.67 bits per heavy atom. The van der Waals surface area contributed by atoms with Gasteiger partial charge in [0.1, 0.15) is 17.3 Å². The van der Waals surface area contributed by atoms with Gasteiger partial charge in [0.05, 0.1) is 23.5 Å². The average Bonchev–Trinajstić information content (AvgIpc) is 3.81. The number of morpholine rings is 1. The number of alkyl halides is 9. The molecular weight excluding hydrogens is 838 g/mol. The summed E-state index contributed by atoms with van der Waals surface area (Å²) >= 11 is 0.774. The lowest BCUT2D eigenvalue weighted by Crippen LogP contribution is -2.58. The number of H-pyrrole nitrogens is 1. The molecule has 2 aliphatic heterocycles. The van der Waals surface area contributed by atoms with E-state index in [9.17, 15) is 58.7 Å². The van der Waals surface area contributed by atoms with E-state index in [0.717, 1.165) is 28.6 Å². The number of benzene rings is 2. The fourth-order valence-corrected chi connectivity index (χ4v) is 8.22. The number of amides is 1. The van der Waals surface area contributed by atoms with Crippen molar-refractivity contribution < 1.29 is 68.1 Å². The highest BCUT2D eigenvalue weighted by atomic mass is 32.1. The van der Waals surface area contributed by atoms with Crippen LogP contribution in [0.15, 0.2) is 46.6 Å². The Labute approximate surface area is 329 Å². The van der Waals surface area contributed by atoms with E-state index >= 15 is 0 Å². The first-order valence-electron chi connectivity index (χ1n) is 17.4. The Bertz CT molecular complexity index is 2190. The molecule has 2 fully saturated rings. The second-order valence-electron chi connectivity index (χ2n) is 13.5. The van der Waals surface area contributed by atoms with E-state index in [1.807, 2.05) is 24.3 Å². The molecule has 0 radical (unpaired) electrons. The topological polar surface area (TPSA) is 143 Å². The van der Waals surface area contributed by atoms with E-state index in [-0.39, 0.29) is 42.2 Å². The van der Waals surface area contributed by atoms with Crippen molar-refractivity contribution in [1.82, 2.24) is 25.1 Å². The number of nitrogens with zero attached hydrogens (tertiary/aromatic N) is 3. The van der Waals surface area contributed by atoms with Gasteiger partial charge in [-0.25, -0.2) is 14.6 Å². The number of piperidine rings is 1. The summed E-state index contributed by atoms with van der Waals surface area (Å²) in [5.41, 5.74) is 0.337. The maximum Gasteiger partial charge on any atom is 0.491 e. The van der Waals surface area contributed by atoms with Crippen LogP contribution in [0, 0.1) is 0 Å². The summed E-state index contributed by atoms with van der Waals surface area (Å²) in [6, 6.07) is 9.36. The third-order valence-electron chi connectivity index (χ3n) is 9.42. The molecule has 0 aliphatic carbocycles.